The van der Waals surface area contributed by atoms with Crippen LogP contribution in [0.3, 0.4) is 0 Å². The van der Waals surface area contributed by atoms with Gasteiger partial charge >= 0.3 is 0 Å². The molecule has 5 nitrogen and oxygen atoms in total. The maximum Gasteiger partial charge on any atom is 0.114 e. The Morgan fingerprint density at radius 3 is 2.35 bits per heavy atom. The van der Waals surface area contributed by atoms with Crippen molar-refractivity contribution in [3.8, 4) is 0 Å². The Bertz CT molecular complexity index is 234. The van der Waals surface area contributed by atoms with E-state index >= 15 is 0 Å². The Morgan fingerprint density at radius 2 is 1.70 bits per heavy atom. The van der Waals surface area contributed by atoms with E-state index in [1.54, 1.807) is 0 Å². The fourth-order valence-corrected chi connectivity index (χ4v) is 2.50. The Morgan fingerprint density at radius 1 is 1.05 bits per heavy atom. The van der Waals surface area contributed by atoms with Gasteiger partial charge in [-0.2, -0.15) is 0 Å². The van der Waals surface area contributed by atoms with Crippen LogP contribution in [-0.2, 0) is 9.47 Å². The van der Waals surface area contributed by atoms with Crippen molar-refractivity contribution in [1.29, 1.82) is 0 Å². The van der Waals surface area contributed by atoms with E-state index in [1.165, 1.54) is 32.1 Å². The molecule has 0 aromatic heterocycles. The minimum atomic E-state index is -0.981. The first-order valence-corrected chi connectivity index (χ1v) is 7.90. The Kier molecular flexibility index (Phi) is 9.39. The molecule has 1 aliphatic heterocycles. The molecule has 0 radical (unpaired) electrons. The first kappa shape index (κ1) is 17.9. The molecular formula is C15H30O5. The molecule has 0 bridgehead atoms. The van der Waals surface area contributed by atoms with Gasteiger partial charge in [-0.3, -0.25) is 0 Å². The maximum absolute atomic E-state index is 9.87. The normalized spacial score (nSPS) is 30.6. The molecule has 1 aliphatic rings. The van der Waals surface area contributed by atoms with Gasteiger partial charge < -0.3 is 24.8 Å². The minimum Gasteiger partial charge on any atom is -0.394 e. The second kappa shape index (κ2) is 10.5. The summed E-state index contributed by atoms with van der Waals surface area (Å²) in [4.78, 5) is 0. The zero-order valence-corrected chi connectivity index (χ0v) is 12.5. The van der Waals surface area contributed by atoms with Crippen molar-refractivity contribution in [3.63, 3.8) is 0 Å². The molecule has 0 aromatic carbocycles. The number of unbranched alkanes of at least 4 members (excludes halogenated alkanes) is 6. The number of hydrogen-bond donors (Lipinski definition) is 3. The molecule has 3 N–H and O–H groups in total. The zero-order chi connectivity index (χ0) is 14.8. The molecule has 120 valence electrons. The standard InChI is InChI=1S/C15H30O5/c1-2-3-4-5-6-7-8-9-19-15-13(10-16)20-11-12(17)14(15)18/h12-18H,2-11H2,1H3/t12-,13+,14+,15+/m0/s1. The van der Waals surface area contributed by atoms with E-state index < -0.39 is 24.4 Å². The van der Waals surface area contributed by atoms with Gasteiger partial charge in [-0.15, -0.1) is 0 Å². The summed E-state index contributed by atoms with van der Waals surface area (Å²) in [5.41, 5.74) is 0. The summed E-state index contributed by atoms with van der Waals surface area (Å²) in [7, 11) is 0. The van der Waals surface area contributed by atoms with Crippen LogP contribution in [0.15, 0.2) is 0 Å². The molecule has 1 fully saturated rings. The van der Waals surface area contributed by atoms with Crippen LogP contribution in [-0.4, -0.2) is 59.6 Å². The molecule has 1 saturated heterocycles. The molecule has 4 atom stereocenters. The fraction of sp³-hybridized carbons (Fsp3) is 1.00. The number of ether oxygens (including phenoxy) is 2. The maximum atomic E-state index is 9.87. The van der Waals surface area contributed by atoms with Gasteiger partial charge in [0.25, 0.3) is 0 Å². The van der Waals surface area contributed by atoms with E-state index in [0.29, 0.717) is 6.61 Å². The first-order valence-electron chi connectivity index (χ1n) is 7.90. The van der Waals surface area contributed by atoms with E-state index in [9.17, 15) is 15.3 Å². The van der Waals surface area contributed by atoms with E-state index in [1.807, 2.05) is 0 Å². The van der Waals surface area contributed by atoms with E-state index in [4.69, 9.17) is 9.47 Å². The van der Waals surface area contributed by atoms with Crippen LogP contribution in [0.1, 0.15) is 51.9 Å². The van der Waals surface area contributed by atoms with Crippen molar-refractivity contribution >= 4 is 0 Å². The highest BCUT2D eigenvalue weighted by Crippen LogP contribution is 2.19. The van der Waals surface area contributed by atoms with Crippen molar-refractivity contribution in [2.75, 3.05) is 19.8 Å². The molecule has 1 heterocycles. The molecule has 0 amide bonds. The topological polar surface area (TPSA) is 79.2 Å². The predicted octanol–water partition coefficient (Wildman–Crippen LogP) is 1.24. The number of aliphatic hydroxyl groups excluding tert-OH is 3. The lowest BCUT2D eigenvalue weighted by Gasteiger charge is -2.37. The van der Waals surface area contributed by atoms with Crippen molar-refractivity contribution in [2.45, 2.75) is 76.3 Å². The molecular weight excluding hydrogens is 260 g/mol. The molecule has 0 saturated carbocycles. The van der Waals surface area contributed by atoms with Gasteiger partial charge in [-0.25, -0.2) is 0 Å². The molecule has 5 heteroatoms. The highest BCUT2D eigenvalue weighted by molar-refractivity contribution is 4.87. The lowest BCUT2D eigenvalue weighted by Crippen LogP contribution is -2.55. The largest absolute Gasteiger partial charge is 0.394 e. The lowest BCUT2D eigenvalue weighted by atomic mass is 10.0. The highest BCUT2D eigenvalue weighted by atomic mass is 16.6. The van der Waals surface area contributed by atoms with Crippen LogP contribution in [0.25, 0.3) is 0 Å². The molecule has 0 aromatic rings. The van der Waals surface area contributed by atoms with Crippen LogP contribution in [0.5, 0.6) is 0 Å². The van der Waals surface area contributed by atoms with E-state index in [2.05, 4.69) is 6.92 Å². The minimum absolute atomic E-state index is 0.0453. The number of aliphatic hydroxyl groups is 3. The van der Waals surface area contributed by atoms with Crippen LogP contribution in [0, 0.1) is 0 Å². The molecule has 1 rings (SSSR count). The SMILES string of the molecule is CCCCCCCCCO[C@H]1[C@H](O)[C@@H](O)CO[C@@H]1CO. The first-order chi connectivity index (χ1) is 9.70. The molecule has 0 unspecified atom stereocenters. The van der Waals surface area contributed by atoms with Crippen LogP contribution >= 0.6 is 0 Å². The summed E-state index contributed by atoms with van der Waals surface area (Å²) in [6.07, 6.45) is 5.28. The monoisotopic (exact) mass is 290 g/mol. The van der Waals surface area contributed by atoms with Gasteiger partial charge in [0.15, 0.2) is 0 Å². The summed E-state index contributed by atoms with van der Waals surface area (Å²) in [6, 6.07) is 0. The van der Waals surface area contributed by atoms with Crippen molar-refractivity contribution in [3.05, 3.63) is 0 Å². The Hall–Kier alpha value is -0.200. The third-order valence-corrected chi connectivity index (χ3v) is 3.82. The Balaban J connectivity index is 2.12. The second-order valence-electron chi connectivity index (χ2n) is 5.57. The van der Waals surface area contributed by atoms with Gasteiger partial charge in [-0.05, 0) is 6.42 Å². The third kappa shape index (κ3) is 6.06. The third-order valence-electron chi connectivity index (χ3n) is 3.82. The molecule has 0 spiro atoms. The van der Waals surface area contributed by atoms with Crippen LogP contribution in [0.2, 0.25) is 0 Å². The van der Waals surface area contributed by atoms with Gasteiger partial charge in [0.05, 0.1) is 13.2 Å². The molecule has 0 aliphatic carbocycles. The zero-order valence-electron chi connectivity index (χ0n) is 12.5. The number of rotatable bonds is 10. The summed E-state index contributed by atoms with van der Waals surface area (Å²) >= 11 is 0. The highest BCUT2D eigenvalue weighted by Gasteiger charge is 2.39. The second-order valence-corrected chi connectivity index (χ2v) is 5.57. The smallest absolute Gasteiger partial charge is 0.114 e. The molecule has 20 heavy (non-hydrogen) atoms. The summed E-state index contributed by atoms with van der Waals surface area (Å²) < 4.78 is 10.9. The fourth-order valence-electron chi connectivity index (χ4n) is 2.50. The van der Waals surface area contributed by atoms with Gasteiger partial charge in [-0.1, -0.05) is 45.4 Å². The van der Waals surface area contributed by atoms with E-state index in [0.717, 1.165) is 12.8 Å². The quantitative estimate of drug-likeness (QED) is 0.528. The van der Waals surface area contributed by atoms with E-state index in [-0.39, 0.29) is 13.2 Å². The summed E-state index contributed by atoms with van der Waals surface area (Å²) in [5, 5.41) is 28.6. The average molecular weight is 290 g/mol. The van der Waals surface area contributed by atoms with Crippen LogP contribution in [0.4, 0.5) is 0 Å². The van der Waals surface area contributed by atoms with Gasteiger partial charge in [0.2, 0.25) is 0 Å². The number of hydrogen-bond acceptors (Lipinski definition) is 5. The summed E-state index contributed by atoms with van der Waals surface area (Å²) in [5.74, 6) is 0. The lowest BCUT2D eigenvalue weighted by molar-refractivity contribution is -0.211. The van der Waals surface area contributed by atoms with Crippen LogP contribution < -0.4 is 0 Å². The average Bonchev–Trinajstić information content (AvgIpc) is 2.46. The summed E-state index contributed by atoms with van der Waals surface area (Å²) in [6.45, 7) is 2.58. The predicted molar refractivity (Wildman–Crippen MR) is 76.6 cm³/mol. The van der Waals surface area contributed by atoms with Gasteiger partial charge in [0.1, 0.15) is 24.4 Å². The van der Waals surface area contributed by atoms with Crippen molar-refractivity contribution in [2.24, 2.45) is 0 Å². The van der Waals surface area contributed by atoms with Crippen molar-refractivity contribution in [1.82, 2.24) is 0 Å². The van der Waals surface area contributed by atoms with Gasteiger partial charge in [0, 0.05) is 6.61 Å². The Labute approximate surface area is 121 Å². The van der Waals surface area contributed by atoms with Crippen molar-refractivity contribution < 1.29 is 24.8 Å².